The van der Waals surface area contributed by atoms with Crippen molar-refractivity contribution in [2.75, 3.05) is 0 Å². The molecule has 1 aromatic rings. The summed E-state index contributed by atoms with van der Waals surface area (Å²) in [6.45, 7) is 1.97. The number of aliphatic carboxylic acids is 1. The first-order valence-electron chi connectivity index (χ1n) is 5.11. The zero-order valence-electron chi connectivity index (χ0n) is 8.73. The minimum absolute atomic E-state index is 0.0293. The molecule has 0 aromatic heterocycles. The number of aryl methyl sites for hydroxylation is 1. The predicted octanol–water partition coefficient (Wildman–Crippen LogP) is 1.44. The standard InChI is InChI=1S/C12H15NO2/c1-8-3-2-4-9(5-8)12(11(14)15)6-10(13)7-12/h2-5,10H,6-7,13H2,1H3,(H,14,15). The first kappa shape index (κ1) is 10.2. The lowest BCUT2D eigenvalue weighted by Gasteiger charge is -2.43. The molecule has 0 spiro atoms. The van der Waals surface area contributed by atoms with Gasteiger partial charge >= 0.3 is 5.97 Å². The molecule has 15 heavy (non-hydrogen) atoms. The van der Waals surface area contributed by atoms with E-state index in [1.807, 2.05) is 31.2 Å². The van der Waals surface area contributed by atoms with E-state index in [0.29, 0.717) is 12.8 Å². The van der Waals surface area contributed by atoms with Crippen molar-refractivity contribution in [1.82, 2.24) is 0 Å². The van der Waals surface area contributed by atoms with Crippen LogP contribution < -0.4 is 5.73 Å². The fourth-order valence-electron chi connectivity index (χ4n) is 2.31. The molecule has 80 valence electrons. The molecule has 0 aliphatic heterocycles. The topological polar surface area (TPSA) is 63.3 Å². The van der Waals surface area contributed by atoms with Crippen molar-refractivity contribution in [2.45, 2.75) is 31.2 Å². The minimum Gasteiger partial charge on any atom is -0.481 e. The van der Waals surface area contributed by atoms with Crippen molar-refractivity contribution in [3.63, 3.8) is 0 Å². The van der Waals surface area contributed by atoms with Crippen molar-refractivity contribution in [3.8, 4) is 0 Å². The van der Waals surface area contributed by atoms with Crippen LogP contribution >= 0.6 is 0 Å². The van der Waals surface area contributed by atoms with Crippen LogP contribution in [0.4, 0.5) is 0 Å². The largest absolute Gasteiger partial charge is 0.481 e. The Morgan fingerprint density at radius 1 is 1.53 bits per heavy atom. The van der Waals surface area contributed by atoms with Gasteiger partial charge in [-0.25, -0.2) is 0 Å². The van der Waals surface area contributed by atoms with Crippen LogP contribution in [-0.2, 0) is 10.2 Å². The molecule has 1 aromatic carbocycles. The van der Waals surface area contributed by atoms with Crippen molar-refractivity contribution in [3.05, 3.63) is 35.4 Å². The highest BCUT2D eigenvalue weighted by molar-refractivity contribution is 5.83. The number of nitrogens with two attached hydrogens (primary N) is 1. The maximum Gasteiger partial charge on any atom is 0.314 e. The van der Waals surface area contributed by atoms with E-state index in [0.717, 1.165) is 11.1 Å². The molecule has 0 atom stereocenters. The molecule has 0 saturated heterocycles. The molecule has 3 nitrogen and oxygen atoms in total. The second-order valence-electron chi connectivity index (χ2n) is 4.43. The van der Waals surface area contributed by atoms with E-state index < -0.39 is 11.4 Å². The van der Waals surface area contributed by atoms with Crippen molar-refractivity contribution < 1.29 is 9.90 Å². The van der Waals surface area contributed by atoms with Crippen LogP contribution in [0.25, 0.3) is 0 Å². The summed E-state index contributed by atoms with van der Waals surface area (Å²) in [4.78, 5) is 11.3. The van der Waals surface area contributed by atoms with E-state index in [1.54, 1.807) is 0 Å². The molecule has 0 bridgehead atoms. The lowest BCUT2D eigenvalue weighted by molar-refractivity contribution is -0.148. The van der Waals surface area contributed by atoms with E-state index in [2.05, 4.69) is 0 Å². The number of benzene rings is 1. The summed E-state index contributed by atoms with van der Waals surface area (Å²) in [7, 11) is 0. The number of rotatable bonds is 2. The third kappa shape index (κ3) is 1.53. The van der Waals surface area contributed by atoms with Crippen LogP contribution in [0, 0.1) is 6.92 Å². The zero-order chi connectivity index (χ0) is 11.1. The lowest BCUT2D eigenvalue weighted by atomic mass is 9.62. The van der Waals surface area contributed by atoms with Gasteiger partial charge in [-0.3, -0.25) is 4.79 Å². The first-order chi connectivity index (χ1) is 7.04. The van der Waals surface area contributed by atoms with Gasteiger partial charge in [0.1, 0.15) is 0 Å². The van der Waals surface area contributed by atoms with E-state index >= 15 is 0 Å². The monoisotopic (exact) mass is 205 g/mol. The van der Waals surface area contributed by atoms with Gasteiger partial charge in [0.15, 0.2) is 0 Å². The van der Waals surface area contributed by atoms with Gasteiger partial charge in [-0.15, -0.1) is 0 Å². The highest BCUT2D eigenvalue weighted by Crippen LogP contribution is 2.43. The SMILES string of the molecule is Cc1cccc(C2(C(=O)O)CC(N)C2)c1. The minimum atomic E-state index is -0.755. The van der Waals surface area contributed by atoms with Crippen LogP contribution in [0.1, 0.15) is 24.0 Å². The summed E-state index contributed by atoms with van der Waals surface area (Å²) in [5.74, 6) is -0.755. The zero-order valence-corrected chi connectivity index (χ0v) is 8.73. The summed E-state index contributed by atoms with van der Waals surface area (Å²) in [5.41, 5.74) is 6.95. The van der Waals surface area contributed by atoms with E-state index in [-0.39, 0.29) is 6.04 Å². The van der Waals surface area contributed by atoms with Gasteiger partial charge in [-0.1, -0.05) is 29.8 Å². The highest BCUT2D eigenvalue weighted by atomic mass is 16.4. The van der Waals surface area contributed by atoms with Gasteiger partial charge in [0.2, 0.25) is 0 Å². The average Bonchev–Trinajstić information content (AvgIpc) is 2.12. The maximum atomic E-state index is 11.3. The molecule has 0 heterocycles. The predicted molar refractivity (Wildman–Crippen MR) is 57.7 cm³/mol. The molecule has 3 heteroatoms. The number of carbonyl (C=O) groups is 1. The third-order valence-electron chi connectivity index (χ3n) is 3.20. The van der Waals surface area contributed by atoms with Gasteiger partial charge in [0.25, 0.3) is 0 Å². The highest BCUT2D eigenvalue weighted by Gasteiger charge is 2.50. The van der Waals surface area contributed by atoms with Gasteiger partial charge in [0.05, 0.1) is 5.41 Å². The second kappa shape index (κ2) is 3.35. The normalized spacial score (nSPS) is 29.6. The number of hydrogen-bond acceptors (Lipinski definition) is 2. The number of hydrogen-bond donors (Lipinski definition) is 2. The molecule has 0 radical (unpaired) electrons. The molecular weight excluding hydrogens is 190 g/mol. The van der Waals surface area contributed by atoms with E-state index in [9.17, 15) is 9.90 Å². The molecule has 1 fully saturated rings. The summed E-state index contributed by atoms with van der Waals surface area (Å²) < 4.78 is 0. The molecule has 1 saturated carbocycles. The van der Waals surface area contributed by atoms with Gasteiger partial charge < -0.3 is 10.8 Å². The Labute approximate surface area is 88.9 Å². The molecule has 1 aliphatic rings. The first-order valence-corrected chi connectivity index (χ1v) is 5.11. The smallest absolute Gasteiger partial charge is 0.314 e. The number of carboxylic acids is 1. The molecule has 0 amide bonds. The quantitative estimate of drug-likeness (QED) is 0.767. The Morgan fingerprint density at radius 2 is 2.20 bits per heavy atom. The fourth-order valence-corrected chi connectivity index (χ4v) is 2.31. The van der Waals surface area contributed by atoms with Gasteiger partial charge in [-0.05, 0) is 25.3 Å². The second-order valence-corrected chi connectivity index (χ2v) is 4.43. The molecule has 0 unspecified atom stereocenters. The fraction of sp³-hybridized carbons (Fsp3) is 0.417. The Hall–Kier alpha value is -1.35. The Balaban J connectivity index is 2.39. The Bertz CT molecular complexity index is 394. The molecule has 3 N–H and O–H groups in total. The summed E-state index contributed by atoms with van der Waals surface area (Å²) in [5, 5.41) is 9.29. The molecular formula is C12H15NO2. The lowest BCUT2D eigenvalue weighted by Crippen LogP contribution is -2.54. The summed E-state index contributed by atoms with van der Waals surface area (Å²) in [6.07, 6.45) is 1.09. The van der Waals surface area contributed by atoms with Crippen molar-refractivity contribution in [1.29, 1.82) is 0 Å². The van der Waals surface area contributed by atoms with Crippen LogP contribution in [0.5, 0.6) is 0 Å². The van der Waals surface area contributed by atoms with E-state index in [4.69, 9.17) is 5.73 Å². The summed E-state index contributed by atoms with van der Waals surface area (Å²) >= 11 is 0. The summed E-state index contributed by atoms with van der Waals surface area (Å²) in [6, 6.07) is 7.73. The van der Waals surface area contributed by atoms with Gasteiger partial charge in [0, 0.05) is 6.04 Å². The van der Waals surface area contributed by atoms with Gasteiger partial charge in [-0.2, -0.15) is 0 Å². The number of carboxylic acid groups (broad SMARTS) is 1. The van der Waals surface area contributed by atoms with E-state index in [1.165, 1.54) is 0 Å². The molecule has 1 aliphatic carbocycles. The maximum absolute atomic E-state index is 11.3. The Kier molecular flexibility index (Phi) is 2.27. The van der Waals surface area contributed by atoms with Crippen LogP contribution in [0.15, 0.2) is 24.3 Å². The van der Waals surface area contributed by atoms with Crippen LogP contribution in [-0.4, -0.2) is 17.1 Å². The third-order valence-corrected chi connectivity index (χ3v) is 3.20. The van der Waals surface area contributed by atoms with Crippen molar-refractivity contribution >= 4 is 5.97 Å². The van der Waals surface area contributed by atoms with Crippen molar-refractivity contribution in [2.24, 2.45) is 5.73 Å². The van der Waals surface area contributed by atoms with Crippen LogP contribution in [0.3, 0.4) is 0 Å². The Morgan fingerprint density at radius 3 is 2.67 bits per heavy atom. The molecule has 2 rings (SSSR count). The average molecular weight is 205 g/mol. The van der Waals surface area contributed by atoms with Crippen LogP contribution in [0.2, 0.25) is 0 Å².